The highest BCUT2D eigenvalue weighted by molar-refractivity contribution is 9.10. The Kier molecular flexibility index (Phi) is 4.42. The van der Waals surface area contributed by atoms with Gasteiger partial charge < -0.3 is 10.8 Å². The Bertz CT molecular complexity index is 265. The van der Waals surface area contributed by atoms with E-state index < -0.39 is 0 Å². The van der Waals surface area contributed by atoms with Gasteiger partial charge in [0.05, 0.1) is 6.10 Å². The van der Waals surface area contributed by atoms with Gasteiger partial charge in [-0.05, 0) is 37.1 Å². The molecule has 1 unspecified atom stereocenters. The number of rotatable bonds is 4. The number of nitrogens with two attached hydrogens (primary N) is 1. The quantitative estimate of drug-likeness (QED) is 0.853. The van der Waals surface area contributed by atoms with Gasteiger partial charge in [0.25, 0.3) is 0 Å². The molecule has 0 radical (unpaired) electrons. The standard InChI is InChI=1S/C10H14BrNO/c11-9-4-1-3-8(7-9)10(13)5-2-6-12/h1,3-4,7,10,13H,2,5-6,12H2. The Morgan fingerprint density at radius 3 is 2.85 bits per heavy atom. The zero-order valence-corrected chi connectivity index (χ0v) is 9.00. The molecule has 0 saturated carbocycles. The Balaban J connectivity index is 2.60. The molecule has 0 bridgehead atoms. The molecule has 1 rings (SSSR count). The second-order valence-corrected chi connectivity index (χ2v) is 3.92. The first kappa shape index (κ1) is 10.7. The van der Waals surface area contributed by atoms with Crippen molar-refractivity contribution in [3.8, 4) is 0 Å². The largest absolute Gasteiger partial charge is 0.388 e. The Morgan fingerprint density at radius 1 is 1.46 bits per heavy atom. The SMILES string of the molecule is NCCCC(O)c1cccc(Br)c1. The van der Waals surface area contributed by atoms with Gasteiger partial charge >= 0.3 is 0 Å². The van der Waals surface area contributed by atoms with Crippen LogP contribution in [-0.4, -0.2) is 11.7 Å². The van der Waals surface area contributed by atoms with Crippen LogP contribution in [-0.2, 0) is 0 Å². The molecule has 0 aromatic heterocycles. The second-order valence-electron chi connectivity index (χ2n) is 3.00. The van der Waals surface area contributed by atoms with E-state index >= 15 is 0 Å². The van der Waals surface area contributed by atoms with E-state index in [1.807, 2.05) is 24.3 Å². The highest BCUT2D eigenvalue weighted by atomic mass is 79.9. The van der Waals surface area contributed by atoms with Crippen molar-refractivity contribution in [3.05, 3.63) is 34.3 Å². The van der Waals surface area contributed by atoms with Crippen LogP contribution < -0.4 is 5.73 Å². The van der Waals surface area contributed by atoms with Crippen LogP contribution in [0.3, 0.4) is 0 Å². The first-order chi connectivity index (χ1) is 6.24. The summed E-state index contributed by atoms with van der Waals surface area (Å²) in [5, 5.41) is 9.70. The number of aliphatic hydroxyl groups excluding tert-OH is 1. The van der Waals surface area contributed by atoms with Gasteiger partial charge in [0.2, 0.25) is 0 Å². The molecular weight excluding hydrogens is 230 g/mol. The molecule has 0 saturated heterocycles. The summed E-state index contributed by atoms with van der Waals surface area (Å²) in [6.07, 6.45) is 1.20. The van der Waals surface area contributed by atoms with E-state index in [0.29, 0.717) is 6.54 Å². The van der Waals surface area contributed by atoms with Crippen molar-refractivity contribution in [2.45, 2.75) is 18.9 Å². The van der Waals surface area contributed by atoms with Gasteiger partial charge in [-0.15, -0.1) is 0 Å². The van der Waals surface area contributed by atoms with Crippen molar-refractivity contribution in [2.75, 3.05) is 6.54 Å². The van der Waals surface area contributed by atoms with Crippen LogP contribution in [0.2, 0.25) is 0 Å². The van der Waals surface area contributed by atoms with E-state index in [4.69, 9.17) is 5.73 Å². The molecule has 2 nitrogen and oxygen atoms in total. The fourth-order valence-electron chi connectivity index (χ4n) is 1.19. The maximum absolute atomic E-state index is 9.70. The van der Waals surface area contributed by atoms with Crippen LogP contribution in [0.1, 0.15) is 24.5 Å². The van der Waals surface area contributed by atoms with Gasteiger partial charge in [0.15, 0.2) is 0 Å². The van der Waals surface area contributed by atoms with E-state index in [-0.39, 0.29) is 6.10 Å². The average molecular weight is 244 g/mol. The molecule has 3 N–H and O–H groups in total. The highest BCUT2D eigenvalue weighted by Gasteiger charge is 2.06. The molecule has 1 aromatic rings. The minimum atomic E-state index is -0.388. The van der Waals surface area contributed by atoms with Gasteiger partial charge in [-0.1, -0.05) is 28.1 Å². The van der Waals surface area contributed by atoms with Crippen LogP contribution in [0.25, 0.3) is 0 Å². The molecule has 0 spiro atoms. The topological polar surface area (TPSA) is 46.2 Å². The van der Waals surface area contributed by atoms with E-state index in [1.54, 1.807) is 0 Å². The predicted octanol–water partition coefficient (Wildman–Crippen LogP) is 2.22. The van der Waals surface area contributed by atoms with Crippen molar-refractivity contribution in [1.82, 2.24) is 0 Å². The van der Waals surface area contributed by atoms with Crippen LogP contribution in [0.4, 0.5) is 0 Å². The van der Waals surface area contributed by atoms with Gasteiger partial charge in [0.1, 0.15) is 0 Å². The third kappa shape index (κ3) is 3.46. The Labute approximate surface area is 86.9 Å². The minimum absolute atomic E-state index is 0.388. The third-order valence-corrected chi connectivity index (χ3v) is 2.41. The fraction of sp³-hybridized carbons (Fsp3) is 0.400. The monoisotopic (exact) mass is 243 g/mol. The third-order valence-electron chi connectivity index (χ3n) is 1.92. The van der Waals surface area contributed by atoms with Crippen LogP contribution >= 0.6 is 15.9 Å². The van der Waals surface area contributed by atoms with Gasteiger partial charge in [-0.25, -0.2) is 0 Å². The lowest BCUT2D eigenvalue weighted by molar-refractivity contribution is 0.165. The number of aliphatic hydroxyl groups is 1. The lowest BCUT2D eigenvalue weighted by Gasteiger charge is -2.10. The summed E-state index contributed by atoms with van der Waals surface area (Å²) < 4.78 is 0.997. The average Bonchev–Trinajstić information content (AvgIpc) is 2.14. The summed E-state index contributed by atoms with van der Waals surface area (Å²) >= 11 is 3.36. The van der Waals surface area contributed by atoms with E-state index in [0.717, 1.165) is 22.9 Å². The fourth-order valence-corrected chi connectivity index (χ4v) is 1.61. The normalized spacial score (nSPS) is 12.8. The lowest BCUT2D eigenvalue weighted by atomic mass is 10.1. The first-order valence-corrected chi connectivity index (χ1v) is 5.17. The van der Waals surface area contributed by atoms with Crippen molar-refractivity contribution >= 4 is 15.9 Å². The maximum Gasteiger partial charge on any atom is 0.0790 e. The Morgan fingerprint density at radius 2 is 2.23 bits per heavy atom. The molecular formula is C10H14BrNO. The number of hydrogen-bond donors (Lipinski definition) is 2. The molecule has 0 aliphatic carbocycles. The lowest BCUT2D eigenvalue weighted by Crippen LogP contribution is -2.03. The maximum atomic E-state index is 9.70. The smallest absolute Gasteiger partial charge is 0.0790 e. The van der Waals surface area contributed by atoms with Crippen LogP contribution in [0.5, 0.6) is 0 Å². The predicted molar refractivity (Wildman–Crippen MR) is 57.4 cm³/mol. The molecule has 13 heavy (non-hydrogen) atoms. The van der Waals surface area contributed by atoms with Crippen molar-refractivity contribution in [3.63, 3.8) is 0 Å². The van der Waals surface area contributed by atoms with Gasteiger partial charge in [-0.2, -0.15) is 0 Å². The molecule has 3 heteroatoms. The second kappa shape index (κ2) is 5.37. The summed E-state index contributed by atoms with van der Waals surface area (Å²) in [6, 6.07) is 7.72. The first-order valence-electron chi connectivity index (χ1n) is 4.37. The van der Waals surface area contributed by atoms with Gasteiger partial charge in [0, 0.05) is 4.47 Å². The number of halogens is 1. The Hall–Kier alpha value is -0.380. The van der Waals surface area contributed by atoms with Crippen LogP contribution in [0.15, 0.2) is 28.7 Å². The molecule has 0 amide bonds. The molecule has 72 valence electrons. The molecule has 0 aliphatic heterocycles. The number of hydrogen-bond acceptors (Lipinski definition) is 2. The summed E-state index contributed by atoms with van der Waals surface area (Å²) in [7, 11) is 0. The molecule has 0 fully saturated rings. The zero-order valence-electron chi connectivity index (χ0n) is 7.41. The van der Waals surface area contributed by atoms with Crippen molar-refractivity contribution < 1.29 is 5.11 Å². The van der Waals surface area contributed by atoms with E-state index in [9.17, 15) is 5.11 Å². The van der Waals surface area contributed by atoms with Crippen LogP contribution in [0, 0.1) is 0 Å². The zero-order chi connectivity index (χ0) is 9.68. The summed E-state index contributed by atoms with van der Waals surface area (Å²) in [4.78, 5) is 0. The van der Waals surface area contributed by atoms with E-state index in [2.05, 4.69) is 15.9 Å². The van der Waals surface area contributed by atoms with Crippen molar-refractivity contribution in [1.29, 1.82) is 0 Å². The van der Waals surface area contributed by atoms with Gasteiger partial charge in [-0.3, -0.25) is 0 Å². The molecule has 0 aliphatic rings. The summed E-state index contributed by atoms with van der Waals surface area (Å²) in [6.45, 7) is 0.630. The van der Waals surface area contributed by atoms with Crippen molar-refractivity contribution in [2.24, 2.45) is 5.73 Å². The molecule has 1 aromatic carbocycles. The summed E-state index contributed by atoms with van der Waals surface area (Å²) in [5.41, 5.74) is 6.31. The summed E-state index contributed by atoms with van der Waals surface area (Å²) in [5.74, 6) is 0. The minimum Gasteiger partial charge on any atom is -0.388 e. The number of benzene rings is 1. The molecule has 0 heterocycles. The van der Waals surface area contributed by atoms with E-state index in [1.165, 1.54) is 0 Å². The highest BCUT2D eigenvalue weighted by Crippen LogP contribution is 2.21. The molecule has 1 atom stereocenters.